The zero-order valence-corrected chi connectivity index (χ0v) is 12.3. The maximum absolute atomic E-state index is 6.25. The van der Waals surface area contributed by atoms with Crippen molar-refractivity contribution in [3.63, 3.8) is 0 Å². The number of unbranched alkanes of at least 4 members (excludes halogenated alkanes) is 2. The Bertz CT molecular complexity index is 341. The van der Waals surface area contributed by atoms with E-state index in [1.54, 1.807) is 13.3 Å². The van der Waals surface area contributed by atoms with Crippen molar-refractivity contribution >= 4 is 11.6 Å². The molecule has 1 atom stereocenters. The summed E-state index contributed by atoms with van der Waals surface area (Å²) in [6.07, 6.45) is 6.49. The standard InChI is InChI=1S/C13H24ClN3O/c1-4-5-6-7-12(15-2)13-11(14)10-16-17(13)8-9-18-3/h10,12,15H,4-9H2,1-3H3. The van der Waals surface area contributed by atoms with Crippen molar-refractivity contribution in [2.75, 3.05) is 20.8 Å². The van der Waals surface area contributed by atoms with Gasteiger partial charge in [-0.2, -0.15) is 5.10 Å². The molecule has 0 radical (unpaired) electrons. The zero-order valence-electron chi connectivity index (χ0n) is 11.6. The summed E-state index contributed by atoms with van der Waals surface area (Å²) in [5.41, 5.74) is 1.08. The van der Waals surface area contributed by atoms with Gasteiger partial charge in [-0.15, -0.1) is 0 Å². The van der Waals surface area contributed by atoms with Gasteiger partial charge in [0.05, 0.1) is 36.1 Å². The molecule has 4 nitrogen and oxygen atoms in total. The molecule has 0 saturated carbocycles. The average molecular weight is 274 g/mol. The van der Waals surface area contributed by atoms with E-state index in [9.17, 15) is 0 Å². The molecule has 0 aromatic carbocycles. The van der Waals surface area contributed by atoms with Crippen LogP contribution in [0.2, 0.25) is 5.02 Å². The Hall–Kier alpha value is -0.580. The number of methoxy groups -OCH3 is 1. The Kier molecular flexibility index (Phi) is 7.32. The molecule has 18 heavy (non-hydrogen) atoms. The second kappa shape index (κ2) is 8.51. The highest BCUT2D eigenvalue weighted by molar-refractivity contribution is 6.31. The minimum Gasteiger partial charge on any atom is -0.383 e. The van der Waals surface area contributed by atoms with E-state index in [1.807, 2.05) is 11.7 Å². The summed E-state index contributed by atoms with van der Waals surface area (Å²) in [6, 6.07) is 0.267. The molecule has 0 amide bonds. The highest BCUT2D eigenvalue weighted by Gasteiger charge is 2.18. The van der Waals surface area contributed by atoms with E-state index >= 15 is 0 Å². The lowest BCUT2D eigenvalue weighted by atomic mass is 10.1. The first-order valence-electron chi connectivity index (χ1n) is 6.62. The van der Waals surface area contributed by atoms with Crippen LogP contribution in [0.5, 0.6) is 0 Å². The fraction of sp³-hybridized carbons (Fsp3) is 0.769. The van der Waals surface area contributed by atoms with E-state index in [-0.39, 0.29) is 6.04 Å². The van der Waals surface area contributed by atoms with Crippen LogP contribution in [0.15, 0.2) is 6.20 Å². The molecule has 0 bridgehead atoms. The molecule has 0 saturated heterocycles. The van der Waals surface area contributed by atoms with E-state index in [0.717, 1.165) is 23.7 Å². The maximum atomic E-state index is 6.25. The molecular weight excluding hydrogens is 250 g/mol. The van der Waals surface area contributed by atoms with Crippen LogP contribution in [-0.4, -0.2) is 30.5 Å². The number of ether oxygens (including phenoxy) is 1. The van der Waals surface area contributed by atoms with Crippen molar-refractivity contribution in [1.29, 1.82) is 0 Å². The van der Waals surface area contributed by atoms with Gasteiger partial charge in [-0.25, -0.2) is 0 Å². The number of hydrogen-bond donors (Lipinski definition) is 1. The Morgan fingerprint density at radius 3 is 2.89 bits per heavy atom. The third-order valence-electron chi connectivity index (χ3n) is 3.12. The third-order valence-corrected chi connectivity index (χ3v) is 3.41. The van der Waals surface area contributed by atoms with Gasteiger partial charge in [0.25, 0.3) is 0 Å². The highest BCUT2D eigenvalue weighted by Crippen LogP contribution is 2.26. The number of nitrogens with one attached hydrogen (secondary N) is 1. The van der Waals surface area contributed by atoms with Crippen molar-refractivity contribution in [2.45, 2.75) is 45.2 Å². The van der Waals surface area contributed by atoms with E-state index in [0.29, 0.717) is 6.61 Å². The summed E-state index contributed by atoms with van der Waals surface area (Å²) >= 11 is 6.25. The molecule has 0 fully saturated rings. The average Bonchev–Trinajstić information content (AvgIpc) is 2.74. The summed E-state index contributed by atoms with van der Waals surface area (Å²) in [4.78, 5) is 0. The SMILES string of the molecule is CCCCCC(NC)c1c(Cl)cnn1CCOC. The summed E-state index contributed by atoms with van der Waals surface area (Å²) in [6.45, 7) is 3.60. The molecule has 1 aromatic rings. The summed E-state index contributed by atoms with van der Waals surface area (Å²) < 4.78 is 7.04. The first-order valence-corrected chi connectivity index (χ1v) is 6.99. The zero-order chi connectivity index (χ0) is 13.4. The van der Waals surface area contributed by atoms with Gasteiger partial charge < -0.3 is 10.1 Å². The molecule has 5 heteroatoms. The number of aromatic nitrogens is 2. The van der Waals surface area contributed by atoms with Crippen LogP contribution in [0.3, 0.4) is 0 Å². The largest absolute Gasteiger partial charge is 0.383 e. The molecule has 1 unspecified atom stereocenters. The van der Waals surface area contributed by atoms with Crippen molar-refractivity contribution in [2.24, 2.45) is 0 Å². The molecule has 0 aliphatic rings. The van der Waals surface area contributed by atoms with Gasteiger partial charge in [0, 0.05) is 7.11 Å². The predicted molar refractivity (Wildman–Crippen MR) is 75.1 cm³/mol. The fourth-order valence-corrected chi connectivity index (χ4v) is 2.36. The smallest absolute Gasteiger partial charge is 0.0834 e. The maximum Gasteiger partial charge on any atom is 0.0834 e. The van der Waals surface area contributed by atoms with E-state index in [1.165, 1.54) is 19.3 Å². The molecule has 0 aliphatic heterocycles. The topological polar surface area (TPSA) is 39.1 Å². The summed E-state index contributed by atoms with van der Waals surface area (Å²) in [7, 11) is 3.67. The monoisotopic (exact) mass is 273 g/mol. The van der Waals surface area contributed by atoms with Gasteiger partial charge in [0.15, 0.2) is 0 Å². The van der Waals surface area contributed by atoms with E-state index < -0.39 is 0 Å². The van der Waals surface area contributed by atoms with Gasteiger partial charge in [0.1, 0.15) is 0 Å². The van der Waals surface area contributed by atoms with E-state index in [2.05, 4.69) is 17.3 Å². The minimum absolute atomic E-state index is 0.267. The van der Waals surface area contributed by atoms with Gasteiger partial charge in [0.2, 0.25) is 0 Å². The second-order valence-electron chi connectivity index (χ2n) is 4.43. The Morgan fingerprint density at radius 1 is 1.50 bits per heavy atom. The lowest BCUT2D eigenvalue weighted by Crippen LogP contribution is -2.22. The first-order chi connectivity index (χ1) is 8.74. The van der Waals surface area contributed by atoms with Crippen LogP contribution in [0, 0.1) is 0 Å². The number of nitrogens with zero attached hydrogens (tertiary/aromatic N) is 2. The molecule has 0 spiro atoms. The van der Waals surface area contributed by atoms with Gasteiger partial charge in [-0.3, -0.25) is 4.68 Å². The second-order valence-corrected chi connectivity index (χ2v) is 4.84. The molecule has 1 rings (SSSR count). The fourth-order valence-electron chi connectivity index (χ4n) is 2.09. The Morgan fingerprint density at radius 2 is 2.28 bits per heavy atom. The normalized spacial score (nSPS) is 12.9. The van der Waals surface area contributed by atoms with Crippen molar-refractivity contribution in [1.82, 2.24) is 15.1 Å². The lowest BCUT2D eigenvalue weighted by molar-refractivity contribution is 0.181. The summed E-state index contributed by atoms with van der Waals surface area (Å²) in [5, 5.41) is 8.39. The predicted octanol–water partition coefficient (Wildman–Crippen LogP) is 3.02. The highest BCUT2D eigenvalue weighted by atomic mass is 35.5. The van der Waals surface area contributed by atoms with Crippen LogP contribution in [0.25, 0.3) is 0 Å². The van der Waals surface area contributed by atoms with Gasteiger partial charge >= 0.3 is 0 Å². The van der Waals surface area contributed by atoms with Crippen LogP contribution < -0.4 is 5.32 Å². The van der Waals surface area contributed by atoms with Crippen molar-refractivity contribution < 1.29 is 4.74 Å². The van der Waals surface area contributed by atoms with E-state index in [4.69, 9.17) is 16.3 Å². The van der Waals surface area contributed by atoms with Crippen LogP contribution >= 0.6 is 11.6 Å². The number of hydrogen-bond acceptors (Lipinski definition) is 3. The molecule has 1 heterocycles. The first kappa shape index (κ1) is 15.5. The molecule has 104 valence electrons. The van der Waals surface area contributed by atoms with Gasteiger partial charge in [-0.05, 0) is 13.5 Å². The van der Waals surface area contributed by atoms with Gasteiger partial charge in [-0.1, -0.05) is 37.8 Å². The minimum atomic E-state index is 0.267. The lowest BCUT2D eigenvalue weighted by Gasteiger charge is -2.18. The quantitative estimate of drug-likeness (QED) is 0.703. The molecular formula is C13H24ClN3O. The van der Waals surface area contributed by atoms with Crippen molar-refractivity contribution in [3.8, 4) is 0 Å². The third kappa shape index (κ3) is 4.26. The number of rotatable bonds is 9. The van der Waals surface area contributed by atoms with Crippen LogP contribution in [0.4, 0.5) is 0 Å². The van der Waals surface area contributed by atoms with Crippen LogP contribution in [0.1, 0.15) is 44.3 Å². The Labute approximate surface area is 115 Å². The molecule has 1 N–H and O–H groups in total. The molecule has 1 aromatic heterocycles. The van der Waals surface area contributed by atoms with Crippen LogP contribution in [-0.2, 0) is 11.3 Å². The summed E-state index contributed by atoms with van der Waals surface area (Å²) in [5.74, 6) is 0. The number of halogens is 1. The Balaban J connectivity index is 2.73. The van der Waals surface area contributed by atoms with Crippen molar-refractivity contribution in [3.05, 3.63) is 16.9 Å². The molecule has 0 aliphatic carbocycles.